The Morgan fingerprint density at radius 1 is 1.12 bits per heavy atom. The normalized spacial score (nSPS) is 25.8. The average Bonchev–Trinajstić information content (AvgIpc) is 3.46. The van der Waals surface area contributed by atoms with Gasteiger partial charge >= 0.3 is 0 Å². The van der Waals surface area contributed by atoms with Crippen molar-refractivity contribution in [1.82, 2.24) is 5.01 Å². The van der Waals surface area contributed by atoms with E-state index in [-0.39, 0.29) is 35.5 Å². The first kappa shape index (κ1) is 21.6. The summed E-state index contributed by atoms with van der Waals surface area (Å²) in [6.45, 7) is 0.406. The summed E-state index contributed by atoms with van der Waals surface area (Å²) in [5.41, 5.74) is 1.76. The van der Waals surface area contributed by atoms with Gasteiger partial charge in [0.1, 0.15) is 6.61 Å². The fraction of sp³-hybridized carbons (Fsp3) is 0.292. The molecule has 6 nitrogen and oxygen atoms in total. The van der Waals surface area contributed by atoms with Gasteiger partial charge in [0.15, 0.2) is 11.5 Å². The van der Waals surface area contributed by atoms with Crippen molar-refractivity contribution in [2.24, 2.45) is 28.8 Å². The number of fused-ring (bicyclic) bond motifs is 5. The number of amides is 2. The molecule has 0 N–H and O–H groups in total. The summed E-state index contributed by atoms with van der Waals surface area (Å²) in [5.74, 6) is 0.660. The van der Waals surface area contributed by atoms with Crippen LogP contribution in [-0.2, 0) is 16.2 Å². The lowest BCUT2D eigenvalue weighted by Gasteiger charge is -2.14. The van der Waals surface area contributed by atoms with Crippen LogP contribution in [0.15, 0.2) is 58.1 Å². The number of benzene rings is 2. The molecule has 164 valence electrons. The number of hydrazone groups is 1. The Morgan fingerprint density at radius 3 is 2.41 bits per heavy atom. The number of imide groups is 1. The van der Waals surface area contributed by atoms with Gasteiger partial charge in [0.25, 0.3) is 11.8 Å². The average molecular weight is 607 g/mol. The highest BCUT2D eigenvalue weighted by Crippen LogP contribution is 2.52. The van der Waals surface area contributed by atoms with E-state index in [0.29, 0.717) is 18.1 Å². The van der Waals surface area contributed by atoms with Gasteiger partial charge in [-0.2, -0.15) is 10.1 Å². The molecule has 0 unspecified atom stereocenters. The summed E-state index contributed by atoms with van der Waals surface area (Å²) in [5, 5.41) is 5.31. The number of nitrogens with zero attached hydrogens (tertiary/aromatic N) is 2. The molecule has 5 rings (SSSR count). The van der Waals surface area contributed by atoms with Gasteiger partial charge in [-0.3, -0.25) is 9.59 Å². The second-order valence-corrected chi connectivity index (χ2v) is 10.3. The van der Waals surface area contributed by atoms with Crippen LogP contribution in [0.25, 0.3) is 0 Å². The zero-order chi connectivity index (χ0) is 22.4. The molecule has 0 spiro atoms. The lowest BCUT2D eigenvalue weighted by atomic mass is 9.85. The lowest BCUT2D eigenvalue weighted by Crippen LogP contribution is -2.28. The predicted molar refractivity (Wildman–Crippen MR) is 131 cm³/mol. The molecular formula is C24H20BrIN2O4. The maximum Gasteiger partial charge on any atom is 0.254 e. The number of rotatable bonds is 6. The highest BCUT2D eigenvalue weighted by molar-refractivity contribution is 14.1. The standard InChI is InChI=1S/C24H20BrIN2O4/c1-31-19-9-14(8-18(26)22(19)32-12-13-2-6-17(25)7-3-13)11-27-28-23(29)20-15-4-5-16(10-15)21(20)24(28)30/h2-9,11,15-16,20-21H,10,12H2,1H3/b27-11-/t15-,16-,20+,21+/m0/s1. The van der Waals surface area contributed by atoms with E-state index >= 15 is 0 Å². The molecule has 2 aromatic carbocycles. The molecule has 2 aliphatic carbocycles. The Bertz CT molecular complexity index is 1120. The third-order valence-corrected chi connectivity index (χ3v) is 7.65. The highest BCUT2D eigenvalue weighted by Gasteiger charge is 2.59. The third kappa shape index (κ3) is 3.77. The van der Waals surface area contributed by atoms with Gasteiger partial charge in [0.05, 0.1) is 28.7 Å². The van der Waals surface area contributed by atoms with E-state index in [0.717, 1.165) is 30.6 Å². The number of halogens is 2. The first-order chi connectivity index (χ1) is 15.5. The minimum absolute atomic E-state index is 0.171. The molecule has 32 heavy (non-hydrogen) atoms. The summed E-state index contributed by atoms with van der Waals surface area (Å²) < 4.78 is 13.4. The number of carbonyl (C=O) groups is 2. The summed E-state index contributed by atoms with van der Waals surface area (Å²) in [6, 6.07) is 11.6. The molecule has 1 heterocycles. The molecule has 2 amide bonds. The second-order valence-electron chi connectivity index (χ2n) is 8.18. The molecule has 8 heteroatoms. The first-order valence-electron chi connectivity index (χ1n) is 10.3. The van der Waals surface area contributed by atoms with Crippen molar-refractivity contribution in [2.75, 3.05) is 7.11 Å². The van der Waals surface area contributed by atoms with Crippen LogP contribution in [0, 0.1) is 27.2 Å². The molecule has 1 saturated heterocycles. The van der Waals surface area contributed by atoms with E-state index < -0.39 is 0 Å². The van der Waals surface area contributed by atoms with Gasteiger partial charge in [-0.25, -0.2) is 0 Å². The van der Waals surface area contributed by atoms with Crippen molar-refractivity contribution in [2.45, 2.75) is 13.0 Å². The topological polar surface area (TPSA) is 68.2 Å². The Balaban J connectivity index is 1.33. The van der Waals surface area contributed by atoms with Gasteiger partial charge in [0, 0.05) is 4.47 Å². The summed E-state index contributed by atoms with van der Waals surface area (Å²) in [4.78, 5) is 25.6. The molecule has 1 saturated carbocycles. The number of methoxy groups -OCH3 is 1. The van der Waals surface area contributed by atoms with E-state index in [1.165, 1.54) is 6.21 Å². The van der Waals surface area contributed by atoms with Gasteiger partial charge < -0.3 is 9.47 Å². The van der Waals surface area contributed by atoms with E-state index in [4.69, 9.17) is 9.47 Å². The number of hydrogen-bond acceptors (Lipinski definition) is 5. The molecule has 4 atom stereocenters. The molecule has 2 aromatic rings. The van der Waals surface area contributed by atoms with Crippen molar-refractivity contribution < 1.29 is 19.1 Å². The van der Waals surface area contributed by atoms with Gasteiger partial charge in [-0.05, 0) is 76.2 Å². The predicted octanol–water partition coefficient (Wildman–Crippen LogP) is 4.78. The number of ether oxygens (including phenoxy) is 2. The van der Waals surface area contributed by atoms with Crippen LogP contribution in [0.4, 0.5) is 0 Å². The van der Waals surface area contributed by atoms with Gasteiger partial charge in [-0.1, -0.05) is 40.2 Å². The van der Waals surface area contributed by atoms with Crippen LogP contribution < -0.4 is 9.47 Å². The maximum atomic E-state index is 12.8. The third-order valence-electron chi connectivity index (χ3n) is 6.32. The highest BCUT2D eigenvalue weighted by atomic mass is 127. The van der Waals surface area contributed by atoms with Crippen LogP contribution in [0.2, 0.25) is 0 Å². The SMILES string of the molecule is COc1cc(/C=N\N2C(=O)[C@H]3[C@H](C2=O)[C@H]2C=C[C@H]3C2)cc(I)c1OCc1ccc(Br)cc1. The Hall–Kier alpha value is -2.20. The van der Waals surface area contributed by atoms with Gasteiger partial charge in [-0.15, -0.1) is 0 Å². The van der Waals surface area contributed by atoms with Gasteiger partial charge in [0.2, 0.25) is 0 Å². The largest absolute Gasteiger partial charge is 0.493 e. The zero-order valence-electron chi connectivity index (χ0n) is 17.2. The number of carbonyl (C=O) groups excluding carboxylic acids is 2. The van der Waals surface area contributed by atoms with Crippen molar-refractivity contribution in [3.63, 3.8) is 0 Å². The zero-order valence-corrected chi connectivity index (χ0v) is 20.9. The summed E-state index contributed by atoms with van der Waals surface area (Å²) in [6.07, 6.45) is 6.59. The smallest absolute Gasteiger partial charge is 0.254 e. The molecule has 2 fully saturated rings. The number of hydrogen-bond donors (Lipinski definition) is 0. The van der Waals surface area contributed by atoms with Crippen molar-refractivity contribution in [3.05, 3.63) is 67.7 Å². The van der Waals surface area contributed by atoms with Crippen LogP contribution in [0.5, 0.6) is 11.5 Å². The van der Waals surface area contributed by atoms with E-state index in [1.807, 2.05) is 30.3 Å². The molecular weight excluding hydrogens is 587 g/mol. The van der Waals surface area contributed by atoms with Crippen LogP contribution in [-0.4, -0.2) is 30.1 Å². The Morgan fingerprint density at radius 2 is 1.78 bits per heavy atom. The number of allylic oxidation sites excluding steroid dienone is 2. The van der Waals surface area contributed by atoms with Crippen molar-refractivity contribution in [3.8, 4) is 11.5 Å². The second kappa shape index (κ2) is 8.62. The quantitative estimate of drug-likeness (QED) is 0.205. The lowest BCUT2D eigenvalue weighted by molar-refractivity contribution is -0.140. The monoisotopic (exact) mass is 606 g/mol. The molecule has 1 aliphatic heterocycles. The first-order valence-corrected chi connectivity index (χ1v) is 12.2. The fourth-order valence-corrected chi connectivity index (χ4v) is 5.86. The summed E-state index contributed by atoms with van der Waals surface area (Å²) in [7, 11) is 1.58. The minimum Gasteiger partial charge on any atom is -0.493 e. The summed E-state index contributed by atoms with van der Waals surface area (Å²) >= 11 is 5.61. The van der Waals surface area contributed by atoms with E-state index in [1.54, 1.807) is 13.2 Å². The van der Waals surface area contributed by atoms with Crippen molar-refractivity contribution in [1.29, 1.82) is 0 Å². The van der Waals surface area contributed by atoms with Crippen molar-refractivity contribution >= 4 is 56.5 Å². The molecule has 3 aliphatic rings. The van der Waals surface area contributed by atoms with Crippen LogP contribution >= 0.6 is 38.5 Å². The van der Waals surface area contributed by atoms with E-state index in [9.17, 15) is 9.59 Å². The molecule has 0 radical (unpaired) electrons. The molecule has 0 aromatic heterocycles. The van der Waals surface area contributed by atoms with Crippen LogP contribution in [0.1, 0.15) is 17.5 Å². The maximum absolute atomic E-state index is 12.8. The Labute approximate surface area is 207 Å². The fourth-order valence-electron chi connectivity index (χ4n) is 4.82. The Kier molecular flexibility index (Phi) is 5.83. The van der Waals surface area contributed by atoms with Crippen LogP contribution in [0.3, 0.4) is 0 Å². The minimum atomic E-state index is -0.251. The van der Waals surface area contributed by atoms with E-state index in [2.05, 4.69) is 55.8 Å². The molecule has 2 bridgehead atoms.